The van der Waals surface area contributed by atoms with Gasteiger partial charge in [0.05, 0.1) is 11.4 Å². The van der Waals surface area contributed by atoms with Gasteiger partial charge in [0, 0.05) is 30.2 Å². The van der Waals surface area contributed by atoms with E-state index in [0.29, 0.717) is 6.04 Å². The quantitative estimate of drug-likeness (QED) is 0.919. The Balaban J connectivity index is 1.63. The van der Waals surface area contributed by atoms with Crippen molar-refractivity contribution in [3.63, 3.8) is 0 Å². The van der Waals surface area contributed by atoms with Crippen molar-refractivity contribution in [1.82, 2.24) is 19.6 Å². The van der Waals surface area contributed by atoms with Gasteiger partial charge in [-0.25, -0.2) is 4.98 Å². The summed E-state index contributed by atoms with van der Waals surface area (Å²) < 4.78 is 2.24. The van der Waals surface area contributed by atoms with Crippen LogP contribution in [-0.2, 0) is 6.54 Å². The summed E-state index contributed by atoms with van der Waals surface area (Å²) in [6, 6.07) is 0.716. The van der Waals surface area contributed by atoms with E-state index < -0.39 is 0 Å². The Labute approximate surface area is 124 Å². The maximum absolute atomic E-state index is 4.65. The van der Waals surface area contributed by atoms with E-state index >= 15 is 0 Å². The average Bonchev–Trinajstić information content (AvgIpc) is 3.06. The number of imidazole rings is 1. The first-order valence-corrected chi connectivity index (χ1v) is 8.39. The molecule has 0 aliphatic carbocycles. The van der Waals surface area contributed by atoms with Crippen LogP contribution < -0.4 is 5.32 Å². The highest BCUT2D eigenvalue weighted by molar-refractivity contribution is 7.17. The third-order valence-electron chi connectivity index (χ3n) is 4.32. The number of fused-ring (bicyclic) bond motifs is 1. The zero-order valence-electron chi connectivity index (χ0n) is 12.6. The Morgan fingerprint density at radius 2 is 2.30 bits per heavy atom. The van der Waals surface area contributed by atoms with Crippen LogP contribution in [0.25, 0.3) is 4.96 Å². The molecule has 0 radical (unpaired) electrons. The number of likely N-dealkylation sites (N-methyl/N-ethyl adjacent to an activating group) is 1. The topological polar surface area (TPSA) is 32.6 Å². The monoisotopic (exact) mass is 292 g/mol. The molecule has 3 heterocycles. The Morgan fingerprint density at radius 3 is 3.10 bits per heavy atom. The number of likely N-dealkylation sites (tertiary alicyclic amines) is 1. The molecule has 20 heavy (non-hydrogen) atoms. The lowest BCUT2D eigenvalue weighted by molar-refractivity contribution is 0.259. The van der Waals surface area contributed by atoms with Crippen LogP contribution >= 0.6 is 11.3 Å². The summed E-state index contributed by atoms with van der Waals surface area (Å²) in [6.45, 7) is 11.0. The summed E-state index contributed by atoms with van der Waals surface area (Å²) in [6.07, 6.45) is 4.88. The number of hydrogen-bond acceptors (Lipinski definition) is 4. The SMILES string of the molecule is CCN1CCC[C@H]1CNCc1c(C)nc2sc(C)cn12. The third-order valence-corrected chi connectivity index (χ3v) is 5.22. The molecular weight excluding hydrogens is 268 g/mol. The number of nitrogens with one attached hydrogen (secondary N) is 1. The van der Waals surface area contributed by atoms with Crippen molar-refractivity contribution in [2.75, 3.05) is 19.6 Å². The van der Waals surface area contributed by atoms with Crippen LogP contribution in [0.2, 0.25) is 0 Å². The van der Waals surface area contributed by atoms with Gasteiger partial charge < -0.3 is 5.32 Å². The standard InChI is InChI=1S/C15H24N4S/c1-4-18-7-5-6-13(18)8-16-9-14-12(3)17-15-19(14)10-11(2)20-15/h10,13,16H,4-9H2,1-3H3/t13-/m0/s1. The van der Waals surface area contributed by atoms with Crippen molar-refractivity contribution in [3.05, 3.63) is 22.5 Å². The molecule has 0 bridgehead atoms. The Bertz CT molecular complexity index is 586. The number of aromatic nitrogens is 2. The lowest BCUT2D eigenvalue weighted by atomic mass is 10.2. The lowest BCUT2D eigenvalue weighted by Gasteiger charge is -2.22. The van der Waals surface area contributed by atoms with E-state index in [2.05, 4.69) is 46.6 Å². The molecule has 3 rings (SSSR count). The van der Waals surface area contributed by atoms with Gasteiger partial charge in [0.2, 0.25) is 0 Å². The molecule has 0 unspecified atom stereocenters. The molecule has 1 aliphatic rings. The number of nitrogens with zero attached hydrogens (tertiary/aromatic N) is 3. The molecule has 110 valence electrons. The highest BCUT2D eigenvalue weighted by Crippen LogP contribution is 2.21. The van der Waals surface area contributed by atoms with Crippen LogP contribution in [0, 0.1) is 13.8 Å². The molecule has 0 saturated carbocycles. The Morgan fingerprint density at radius 1 is 1.45 bits per heavy atom. The fraction of sp³-hybridized carbons (Fsp3) is 0.667. The highest BCUT2D eigenvalue weighted by Gasteiger charge is 2.22. The van der Waals surface area contributed by atoms with E-state index in [1.807, 2.05) is 0 Å². The second-order valence-electron chi connectivity index (χ2n) is 5.69. The zero-order valence-corrected chi connectivity index (χ0v) is 13.5. The van der Waals surface area contributed by atoms with Crippen molar-refractivity contribution in [1.29, 1.82) is 0 Å². The zero-order chi connectivity index (χ0) is 14.1. The number of hydrogen-bond donors (Lipinski definition) is 1. The minimum absolute atomic E-state index is 0.716. The van der Waals surface area contributed by atoms with Crippen molar-refractivity contribution in [2.24, 2.45) is 0 Å². The molecule has 4 nitrogen and oxygen atoms in total. The van der Waals surface area contributed by atoms with Crippen LogP contribution in [0.5, 0.6) is 0 Å². The van der Waals surface area contributed by atoms with Gasteiger partial charge in [0.15, 0.2) is 4.96 Å². The summed E-state index contributed by atoms with van der Waals surface area (Å²) in [4.78, 5) is 9.67. The molecular formula is C15H24N4S. The lowest BCUT2D eigenvalue weighted by Crippen LogP contribution is -2.37. The summed E-state index contributed by atoms with van der Waals surface area (Å²) in [5.41, 5.74) is 2.47. The number of aryl methyl sites for hydroxylation is 2. The van der Waals surface area contributed by atoms with E-state index in [4.69, 9.17) is 0 Å². The van der Waals surface area contributed by atoms with E-state index in [1.165, 1.54) is 36.5 Å². The van der Waals surface area contributed by atoms with Gasteiger partial charge in [0.25, 0.3) is 0 Å². The highest BCUT2D eigenvalue weighted by atomic mass is 32.1. The van der Waals surface area contributed by atoms with Crippen LogP contribution in [0.1, 0.15) is 36.0 Å². The van der Waals surface area contributed by atoms with Crippen LogP contribution in [0.15, 0.2) is 6.20 Å². The average molecular weight is 292 g/mol. The van der Waals surface area contributed by atoms with Gasteiger partial charge in [-0.2, -0.15) is 0 Å². The van der Waals surface area contributed by atoms with Gasteiger partial charge in [-0.1, -0.05) is 6.92 Å². The summed E-state index contributed by atoms with van der Waals surface area (Å²) in [7, 11) is 0. The van der Waals surface area contributed by atoms with Crippen LogP contribution in [0.4, 0.5) is 0 Å². The summed E-state index contributed by atoms with van der Waals surface area (Å²) in [5, 5.41) is 3.64. The van der Waals surface area contributed by atoms with Crippen molar-refractivity contribution >= 4 is 16.3 Å². The molecule has 0 spiro atoms. The minimum Gasteiger partial charge on any atom is -0.310 e. The first kappa shape index (κ1) is 14.0. The van der Waals surface area contributed by atoms with Gasteiger partial charge in [0.1, 0.15) is 0 Å². The van der Waals surface area contributed by atoms with E-state index in [9.17, 15) is 0 Å². The number of thiazole rings is 1. The molecule has 5 heteroatoms. The molecule has 1 N–H and O–H groups in total. The Kier molecular flexibility index (Phi) is 4.10. The van der Waals surface area contributed by atoms with Gasteiger partial charge in [-0.3, -0.25) is 9.30 Å². The molecule has 2 aromatic heterocycles. The normalized spacial score (nSPS) is 20.2. The van der Waals surface area contributed by atoms with E-state index in [0.717, 1.165) is 23.7 Å². The third kappa shape index (κ3) is 2.62. The van der Waals surface area contributed by atoms with Crippen LogP contribution in [0.3, 0.4) is 0 Å². The van der Waals surface area contributed by atoms with Gasteiger partial charge in [-0.15, -0.1) is 11.3 Å². The van der Waals surface area contributed by atoms with Crippen molar-refractivity contribution in [2.45, 2.75) is 46.2 Å². The van der Waals surface area contributed by atoms with Gasteiger partial charge in [-0.05, 0) is 39.8 Å². The molecule has 1 fully saturated rings. The fourth-order valence-corrected chi connectivity index (χ4v) is 4.11. The predicted octanol–water partition coefficient (Wildman–Crippen LogP) is 2.59. The number of rotatable bonds is 5. The van der Waals surface area contributed by atoms with Gasteiger partial charge >= 0.3 is 0 Å². The molecule has 1 atom stereocenters. The van der Waals surface area contributed by atoms with Crippen molar-refractivity contribution in [3.8, 4) is 0 Å². The smallest absolute Gasteiger partial charge is 0.194 e. The molecule has 1 saturated heterocycles. The maximum Gasteiger partial charge on any atom is 0.194 e. The Hall–Kier alpha value is -0.910. The molecule has 0 amide bonds. The minimum atomic E-state index is 0.716. The molecule has 2 aromatic rings. The second kappa shape index (κ2) is 5.84. The maximum atomic E-state index is 4.65. The van der Waals surface area contributed by atoms with E-state index in [1.54, 1.807) is 11.3 Å². The molecule has 1 aliphatic heterocycles. The first-order valence-electron chi connectivity index (χ1n) is 7.57. The summed E-state index contributed by atoms with van der Waals surface area (Å²) >= 11 is 1.77. The van der Waals surface area contributed by atoms with E-state index in [-0.39, 0.29) is 0 Å². The fourth-order valence-electron chi connectivity index (χ4n) is 3.22. The first-order chi connectivity index (χ1) is 9.69. The largest absolute Gasteiger partial charge is 0.310 e. The second-order valence-corrected chi connectivity index (χ2v) is 6.91. The molecule has 0 aromatic carbocycles. The van der Waals surface area contributed by atoms with Crippen molar-refractivity contribution < 1.29 is 0 Å². The predicted molar refractivity (Wildman–Crippen MR) is 84.5 cm³/mol. The van der Waals surface area contributed by atoms with Crippen LogP contribution in [-0.4, -0.2) is 40.0 Å². The summed E-state index contributed by atoms with van der Waals surface area (Å²) in [5.74, 6) is 0.